The zero-order valence-corrected chi connectivity index (χ0v) is 19.7. The van der Waals surface area contributed by atoms with Crippen LogP contribution in [-0.2, 0) is 0 Å². The molecule has 0 radical (unpaired) electrons. The molecule has 0 aliphatic carbocycles. The molecule has 33 heavy (non-hydrogen) atoms. The van der Waals surface area contributed by atoms with Crippen molar-refractivity contribution in [2.24, 2.45) is 0 Å². The van der Waals surface area contributed by atoms with Crippen LogP contribution in [0.1, 0.15) is 43.2 Å². The standard InChI is InChI=1S/C28H35NO4/c1-21(30)28(33-26-9-5-4-6-10-26)29-20-8-7-11-27(22-12-16-24(31-2)17-13-22)23-14-18-25(32-3)19-15-23/h4-6,9-10,12-19,21,27-30H,7-8,11,20H2,1-3H3. The average molecular weight is 450 g/mol. The van der Waals surface area contributed by atoms with E-state index < -0.39 is 12.3 Å². The Hall–Kier alpha value is -3.02. The molecule has 0 spiro atoms. The minimum Gasteiger partial charge on any atom is -0.497 e. The lowest BCUT2D eigenvalue weighted by Gasteiger charge is -2.23. The minimum absolute atomic E-state index is 0.287. The van der Waals surface area contributed by atoms with Crippen molar-refractivity contribution in [2.75, 3.05) is 20.8 Å². The molecule has 0 heterocycles. The van der Waals surface area contributed by atoms with Gasteiger partial charge in [-0.2, -0.15) is 0 Å². The number of hydrogen-bond acceptors (Lipinski definition) is 5. The fraction of sp³-hybridized carbons (Fsp3) is 0.357. The van der Waals surface area contributed by atoms with Gasteiger partial charge in [-0.05, 0) is 73.8 Å². The summed E-state index contributed by atoms with van der Waals surface area (Å²) in [6.07, 6.45) is 1.97. The van der Waals surface area contributed by atoms with Crippen LogP contribution >= 0.6 is 0 Å². The highest BCUT2D eigenvalue weighted by molar-refractivity contribution is 5.38. The summed E-state index contributed by atoms with van der Waals surface area (Å²) in [6.45, 7) is 2.50. The number of methoxy groups -OCH3 is 2. The van der Waals surface area contributed by atoms with E-state index >= 15 is 0 Å². The van der Waals surface area contributed by atoms with Crippen LogP contribution < -0.4 is 19.5 Å². The van der Waals surface area contributed by atoms with Crippen LogP contribution in [0.3, 0.4) is 0 Å². The van der Waals surface area contributed by atoms with Gasteiger partial charge < -0.3 is 19.3 Å². The summed E-state index contributed by atoms with van der Waals surface area (Å²) in [6, 6.07) is 26.2. The van der Waals surface area contributed by atoms with Crippen molar-refractivity contribution in [3.8, 4) is 17.2 Å². The zero-order valence-electron chi connectivity index (χ0n) is 19.7. The van der Waals surface area contributed by atoms with E-state index in [-0.39, 0.29) is 5.92 Å². The van der Waals surface area contributed by atoms with Gasteiger partial charge >= 0.3 is 0 Å². The van der Waals surface area contributed by atoms with E-state index in [0.717, 1.165) is 43.1 Å². The van der Waals surface area contributed by atoms with Gasteiger partial charge in [-0.15, -0.1) is 0 Å². The maximum atomic E-state index is 10.1. The molecule has 0 fully saturated rings. The Bertz CT molecular complexity index is 879. The Morgan fingerprint density at radius 3 is 1.76 bits per heavy atom. The number of para-hydroxylation sites is 1. The van der Waals surface area contributed by atoms with Crippen LogP contribution in [0.25, 0.3) is 0 Å². The van der Waals surface area contributed by atoms with Gasteiger partial charge in [0.2, 0.25) is 0 Å². The van der Waals surface area contributed by atoms with Crippen molar-refractivity contribution in [2.45, 2.75) is 44.4 Å². The summed E-state index contributed by atoms with van der Waals surface area (Å²) in [5.74, 6) is 2.75. The minimum atomic E-state index is -0.614. The van der Waals surface area contributed by atoms with Gasteiger partial charge in [0.1, 0.15) is 23.4 Å². The van der Waals surface area contributed by atoms with Crippen LogP contribution in [0.5, 0.6) is 17.2 Å². The van der Waals surface area contributed by atoms with Gasteiger partial charge in [0.15, 0.2) is 6.23 Å². The highest BCUT2D eigenvalue weighted by Gasteiger charge is 2.17. The molecule has 5 nitrogen and oxygen atoms in total. The molecular weight excluding hydrogens is 414 g/mol. The van der Waals surface area contributed by atoms with Crippen molar-refractivity contribution in [1.82, 2.24) is 5.32 Å². The van der Waals surface area contributed by atoms with E-state index in [2.05, 4.69) is 29.6 Å². The molecule has 3 aromatic rings. The highest BCUT2D eigenvalue weighted by atomic mass is 16.5. The molecule has 3 rings (SSSR count). The number of hydrogen-bond donors (Lipinski definition) is 2. The first-order valence-corrected chi connectivity index (χ1v) is 11.5. The quantitative estimate of drug-likeness (QED) is 0.271. The predicted octanol–water partition coefficient (Wildman–Crippen LogP) is 5.38. The Labute approximate surface area is 197 Å². The highest BCUT2D eigenvalue weighted by Crippen LogP contribution is 2.32. The second kappa shape index (κ2) is 12.9. The first-order valence-electron chi connectivity index (χ1n) is 11.5. The zero-order chi connectivity index (χ0) is 23.5. The molecular formula is C28H35NO4. The molecule has 0 saturated carbocycles. The van der Waals surface area contributed by atoms with E-state index in [1.807, 2.05) is 54.6 Å². The summed E-state index contributed by atoms with van der Waals surface area (Å²) < 4.78 is 16.6. The van der Waals surface area contributed by atoms with Crippen LogP contribution in [-0.4, -0.2) is 38.2 Å². The summed E-state index contributed by atoms with van der Waals surface area (Å²) in [5, 5.41) is 13.4. The van der Waals surface area contributed by atoms with E-state index in [4.69, 9.17) is 14.2 Å². The van der Waals surface area contributed by atoms with Crippen LogP contribution in [0.2, 0.25) is 0 Å². The maximum Gasteiger partial charge on any atom is 0.176 e. The number of nitrogens with one attached hydrogen (secondary N) is 1. The van der Waals surface area contributed by atoms with E-state index in [0.29, 0.717) is 0 Å². The number of rotatable bonds is 13. The lowest BCUT2D eigenvalue weighted by Crippen LogP contribution is -2.43. The lowest BCUT2D eigenvalue weighted by atomic mass is 9.87. The topological polar surface area (TPSA) is 60.0 Å². The Morgan fingerprint density at radius 2 is 1.27 bits per heavy atom. The van der Waals surface area contributed by atoms with Crippen molar-refractivity contribution in [3.05, 3.63) is 90.0 Å². The molecule has 3 aromatic carbocycles. The normalized spacial score (nSPS) is 12.9. The lowest BCUT2D eigenvalue weighted by molar-refractivity contribution is 0.0269. The molecule has 0 aliphatic heterocycles. The summed E-state index contributed by atoms with van der Waals surface area (Å²) in [7, 11) is 3.37. The van der Waals surface area contributed by atoms with Gasteiger partial charge in [-0.25, -0.2) is 0 Å². The third kappa shape index (κ3) is 7.52. The maximum absolute atomic E-state index is 10.1. The van der Waals surface area contributed by atoms with Crippen molar-refractivity contribution >= 4 is 0 Å². The van der Waals surface area contributed by atoms with Crippen molar-refractivity contribution < 1.29 is 19.3 Å². The van der Waals surface area contributed by atoms with Crippen molar-refractivity contribution in [1.29, 1.82) is 0 Å². The van der Waals surface area contributed by atoms with Gasteiger partial charge in [0, 0.05) is 5.92 Å². The van der Waals surface area contributed by atoms with Crippen LogP contribution in [0.4, 0.5) is 0 Å². The first-order chi connectivity index (χ1) is 16.1. The summed E-state index contributed by atoms with van der Waals surface area (Å²) in [5.41, 5.74) is 2.53. The van der Waals surface area contributed by atoms with Gasteiger partial charge in [-0.1, -0.05) is 48.9 Å². The summed E-state index contributed by atoms with van der Waals surface area (Å²) in [4.78, 5) is 0. The Balaban J connectivity index is 1.58. The third-order valence-corrected chi connectivity index (χ3v) is 5.75. The molecule has 2 unspecified atom stereocenters. The molecule has 0 aliphatic rings. The molecule has 0 bridgehead atoms. The van der Waals surface area contributed by atoms with Gasteiger partial charge in [-0.3, -0.25) is 5.32 Å². The van der Waals surface area contributed by atoms with Gasteiger partial charge in [0.05, 0.1) is 14.2 Å². The molecule has 0 amide bonds. The second-order valence-corrected chi connectivity index (χ2v) is 8.14. The molecule has 2 atom stereocenters. The van der Waals surface area contributed by atoms with Gasteiger partial charge in [0.25, 0.3) is 0 Å². The number of benzene rings is 3. The van der Waals surface area contributed by atoms with E-state index in [1.54, 1.807) is 21.1 Å². The molecule has 2 N–H and O–H groups in total. The molecule has 0 aromatic heterocycles. The fourth-order valence-corrected chi connectivity index (χ4v) is 3.87. The van der Waals surface area contributed by atoms with Crippen LogP contribution in [0, 0.1) is 0 Å². The Kier molecular flexibility index (Phi) is 9.60. The fourth-order valence-electron chi connectivity index (χ4n) is 3.87. The smallest absolute Gasteiger partial charge is 0.176 e. The van der Waals surface area contributed by atoms with Crippen molar-refractivity contribution in [3.63, 3.8) is 0 Å². The number of aliphatic hydroxyl groups excluding tert-OH is 1. The monoisotopic (exact) mass is 449 g/mol. The molecule has 5 heteroatoms. The largest absolute Gasteiger partial charge is 0.497 e. The second-order valence-electron chi connectivity index (χ2n) is 8.14. The van der Waals surface area contributed by atoms with Crippen LogP contribution in [0.15, 0.2) is 78.9 Å². The van der Waals surface area contributed by atoms with E-state index in [1.165, 1.54) is 11.1 Å². The summed E-state index contributed by atoms with van der Waals surface area (Å²) >= 11 is 0. The molecule has 176 valence electrons. The SMILES string of the molecule is COc1ccc(C(CCCCNC(Oc2ccccc2)C(C)O)c2ccc(OC)cc2)cc1. The third-order valence-electron chi connectivity index (χ3n) is 5.75. The van der Waals surface area contributed by atoms with E-state index in [9.17, 15) is 5.11 Å². The predicted molar refractivity (Wildman–Crippen MR) is 132 cm³/mol. The molecule has 0 saturated heterocycles. The average Bonchev–Trinajstić information content (AvgIpc) is 2.86. The Morgan fingerprint density at radius 1 is 0.727 bits per heavy atom. The first kappa shape index (κ1) is 24.6. The number of unbranched alkanes of at least 4 members (excludes halogenated alkanes) is 1. The number of ether oxygens (including phenoxy) is 3. The number of aliphatic hydroxyl groups is 1.